The third-order valence-corrected chi connectivity index (χ3v) is 6.15. The molecule has 0 aromatic carbocycles. The van der Waals surface area contributed by atoms with Gasteiger partial charge in [-0.1, -0.05) is 29.6 Å². The second kappa shape index (κ2) is 6.14. The summed E-state index contributed by atoms with van der Waals surface area (Å²) in [5, 5.41) is 1.09. The Morgan fingerprint density at radius 2 is 1.87 bits per heavy atom. The SMILES string of the molecule is O=C(C1CCN(c2ncc(Cl)cc2Cl)C1)N1CC2CCCC2C1. The van der Waals surface area contributed by atoms with E-state index >= 15 is 0 Å². The van der Waals surface area contributed by atoms with Crippen LogP contribution in [0.2, 0.25) is 10.0 Å². The molecule has 0 radical (unpaired) electrons. The van der Waals surface area contributed by atoms with Gasteiger partial charge in [0.15, 0.2) is 0 Å². The van der Waals surface area contributed by atoms with Gasteiger partial charge >= 0.3 is 0 Å². The lowest BCUT2D eigenvalue weighted by Crippen LogP contribution is -2.36. The molecule has 0 N–H and O–H groups in total. The molecule has 3 fully saturated rings. The molecule has 3 unspecified atom stereocenters. The highest BCUT2D eigenvalue weighted by atomic mass is 35.5. The zero-order valence-electron chi connectivity index (χ0n) is 13.0. The van der Waals surface area contributed by atoms with Crippen LogP contribution in [0.4, 0.5) is 5.82 Å². The minimum atomic E-state index is 0.0716. The fraction of sp³-hybridized carbons (Fsp3) is 0.647. The standard InChI is InChI=1S/C17H21Cl2N3O/c18-14-6-15(19)16(20-7-14)21-5-4-13(10-21)17(23)22-8-11-2-1-3-12(11)9-22/h6-7,11-13H,1-5,8-10H2. The molecule has 6 heteroatoms. The third kappa shape index (κ3) is 2.91. The number of nitrogens with zero attached hydrogens (tertiary/aromatic N) is 3. The first-order valence-corrected chi connectivity index (χ1v) is 9.22. The van der Waals surface area contributed by atoms with E-state index in [1.54, 1.807) is 12.3 Å². The van der Waals surface area contributed by atoms with Gasteiger partial charge in [0.2, 0.25) is 5.91 Å². The molecule has 1 aromatic heterocycles. The predicted octanol–water partition coefficient (Wildman–Crippen LogP) is 3.47. The molecular weight excluding hydrogens is 333 g/mol. The number of halogens is 2. The first-order valence-electron chi connectivity index (χ1n) is 8.46. The van der Waals surface area contributed by atoms with Crippen molar-refractivity contribution < 1.29 is 4.79 Å². The van der Waals surface area contributed by atoms with Crippen LogP contribution < -0.4 is 4.90 Å². The molecule has 1 amide bonds. The molecule has 3 aliphatic rings. The normalized spacial score (nSPS) is 30.1. The Hall–Kier alpha value is -1.00. The van der Waals surface area contributed by atoms with Crippen LogP contribution in [0.1, 0.15) is 25.7 Å². The number of pyridine rings is 1. The number of aromatic nitrogens is 1. The molecule has 0 bridgehead atoms. The molecular formula is C17H21Cl2N3O. The maximum absolute atomic E-state index is 12.8. The van der Waals surface area contributed by atoms with E-state index in [4.69, 9.17) is 23.2 Å². The Kier molecular flexibility index (Phi) is 4.14. The van der Waals surface area contributed by atoms with Gasteiger partial charge in [0.25, 0.3) is 0 Å². The number of rotatable bonds is 2. The quantitative estimate of drug-likeness (QED) is 0.816. The van der Waals surface area contributed by atoms with Gasteiger partial charge in [0, 0.05) is 32.4 Å². The fourth-order valence-corrected chi connectivity index (χ4v) is 4.97. The lowest BCUT2D eigenvalue weighted by Gasteiger charge is -2.22. The van der Waals surface area contributed by atoms with E-state index in [1.807, 2.05) is 0 Å². The van der Waals surface area contributed by atoms with Crippen molar-refractivity contribution in [3.63, 3.8) is 0 Å². The van der Waals surface area contributed by atoms with Gasteiger partial charge in [-0.15, -0.1) is 0 Å². The second-order valence-corrected chi connectivity index (χ2v) is 7.93. The highest BCUT2D eigenvalue weighted by molar-refractivity contribution is 6.36. The summed E-state index contributed by atoms with van der Waals surface area (Å²) < 4.78 is 0. The molecule has 1 saturated carbocycles. The summed E-state index contributed by atoms with van der Waals surface area (Å²) in [7, 11) is 0. The zero-order valence-corrected chi connectivity index (χ0v) is 14.6. The van der Waals surface area contributed by atoms with Crippen LogP contribution in [0.3, 0.4) is 0 Å². The molecule has 3 atom stereocenters. The smallest absolute Gasteiger partial charge is 0.227 e. The van der Waals surface area contributed by atoms with Gasteiger partial charge in [-0.25, -0.2) is 4.98 Å². The lowest BCUT2D eigenvalue weighted by molar-refractivity contribution is -0.134. The summed E-state index contributed by atoms with van der Waals surface area (Å²) >= 11 is 12.2. The third-order valence-electron chi connectivity index (χ3n) is 5.66. The Labute approximate surface area is 146 Å². The van der Waals surface area contributed by atoms with Crippen LogP contribution in [0.5, 0.6) is 0 Å². The van der Waals surface area contributed by atoms with Gasteiger partial charge in [-0.3, -0.25) is 4.79 Å². The molecule has 1 aliphatic carbocycles. The molecule has 1 aromatic rings. The number of carbonyl (C=O) groups is 1. The van der Waals surface area contributed by atoms with Gasteiger partial charge in [0.1, 0.15) is 5.82 Å². The van der Waals surface area contributed by atoms with E-state index < -0.39 is 0 Å². The molecule has 4 nitrogen and oxygen atoms in total. The second-order valence-electron chi connectivity index (χ2n) is 7.08. The van der Waals surface area contributed by atoms with Crippen LogP contribution in [0.15, 0.2) is 12.3 Å². The van der Waals surface area contributed by atoms with Gasteiger partial charge in [-0.2, -0.15) is 0 Å². The monoisotopic (exact) mass is 353 g/mol. The zero-order chi connectivity index (χ0) is 16.0. The van der Waals surface area contributed by atoms with Gasteiger partial charge in [-0.05, 0) is 37.2 Å². The molecule has 0 spiro atoms. The number of amides is 1. The lowest BCUT2D eigenvalue weighted by atomic mass is 10.0. The fourth-order valence-electron chi connectivity index (χ4n) is 4.47. The van der Waals surface area contributed by atoms with Crippen molar-refractivity contribution in [1.82, 2.24) is 9.88 Å². The van der Waals surface area contributed by atoms with Crippen molar-refractivity contribution in [2.45, 2.75) is 25.7 Å². The number of likely N-dealkylation sites (tertiary alicyclic amines) is 1. The Balaban J connectivity index is 1.41. The van der Waals surface area contributed by atoms with Gasteiger partial charge in [0.05, 0.1) is 16.0 Å². The molecule has 124 valence electrons. The average molecular weight is 354 g/mol. The van der Waals surface area contributed by atoms with Crippen molar-refractivity contribution in [1.29, 1.82) is 0 Å². The van der Waals surface area contributed by atoms with Crippen LogP contribution >= 0.6 is 23.2 Å². The predicted molar refractivity (Wildman–Crippen MR) is 92.0 cm³/mol. The van der Waals surface area contributed by atoms with Crippen molar-refractivity contribution in [2.75, 3.05) is 31.1 Å². The molecule has 2 saturated heterocycles. The molecule has 3 heterocycles. The van der Waals surface area contributed by atoms with E-state index in [9.17, 15) is 4.79 Å². The van der Waals surface area contributed by atoms with Crippen molar-refractivity contribution >= 4 is 34.9 Å². The summed E-state index contributed by atoms with van der Waals surface area (Å²) in [5.41, 5.74) is 0. The maximum atomic E-state index is 12.8. The summed E-state index contributed by atoms with van der Waals surface area (Å²) in [6.07, 6.45) is 6.44. The van der Waals surface area contributed by atoms with Crippen molar-refractivity contribution in [2.24, 2.45) is 17.8 Å². The van der Waals surface area contributed by atoms with E-state index in [0.717, 1.165) is 43.7 Å². The minimum absolute atomic E-state index is 0.0716. The van der Waals surface area contributed by atoms with E-state index in [1.165, 1.54) is 19.3 Å². The highest BCUT2D eigenvalue weighted by Gasteiger charge is 2.41. The first kappa shape index (κ1) is 15.5. The van der Waals surface area contributed by atoms with Crippen LogP contribution in [0.25, 0.3) is 0 Å². The maximum Gasteiger partial charge on any atom is 0.227 e. The number of carbonyl (C=O) groups excluding carboxylic acids is 1. The summed E-state index contributed by atoms with van der Waals surface area (Å²) in [5.74, 6) is 2.65. The molecule has 4 rings (SSSR count). The topological polar surface area (TPSA) is 36.4 Å². The van der Waals surface area contributed by atoms with Crippen LogP contribution in [-0.4, -0.2) is 42.0 Å². The van der Waals surface area contributed by atoms with E-state index in [2.05, 4.69) is 14.8 Å². The molecule has 23 heavy (non-hydrogen) atoms. The summed E-state index contributed by atoms with van der Waals surface area (Å²) in [4.78, 5) is 21.4. The first-order chi connectivity index (χ1) is 11.1. The minimum Gasteiger partial charge on any atom is -0.355 e. The number of anilines is 1. The van der Waals surface area contributed by atoms with Crippen LogP contribution in [0, 0.1) is 17.8 Å². The number of hydrogen-bond acceptors (Lipinski definition) is 3. The van der Waals surface area contributed by atoms with Crippen molar-refractivity contribution in [3.05, 3.63) is 22.3 Å². The number of fused-ring (bicyclic) bond motifs is 1. The van der Waals surface area contributed by atoms with Gasteiger partial charge < -0.3 is 9.80 Å². The Morgan fingerprint density at radius 1 is 1.13 bits per heavy atom. The Morgan fingerprint density at radius 3 is 2.57 bits per heavy atom. The van der Waals surface area contributed by atoms with Crippen LogP contribution in [-0.2, 0) is 4.79 Å². The average Bonchev–Trinajstić information content (AvgIpc) is 3.22. The van der Waals surface area contributed by atoms with Crippen molar-refractivity contribution in [3.8, 4) is 0 Å². The largest absolute Gasteiger partial charge is 0.355 e. The highest BCUT2D eigenvalue weighted by Crippen LogP contribution is 2.39. The Bertz CT molecular complexity index is 612. The van der Waals surface area contributed by atoms with E-state index in [0.29, 0.717) is 22.5 Å². The van der Waals surface area contributed by atoms with E-state index in [-0.39, 0.29) is 5.92 Å². The number of hydrogen-bond donors (Lipinski definition) is 0. The summed E-state index contributed by atoms with van der Waals surface area (Å²) in [6.45, 7) is 3.48. The summed E-state index contributed by atoms with van der Waals surface area (Å²) in [6, 6.07) is 1.71. The molecule has 2 aliphatic heterocycles.